The molecule has 0 aliphatic heterocycles. The highest BCUT2D eigenvalue weighted by molar-refractivity contribution is 5.78. The minimum atomic E-state index is 0.587. The molecule has 0 amide bonds. The van der Waals surface area contributed by atoms with Crippen LogP contribution in [0.15, 0.2) is 53.6 Å². The molecule has 3 heterocycles. The highest BCUT2D eigenvalue weighted by atomic mass is 16.3. The molecule has 0 fully saturated rings. The van der Waals surface area contributed by atoms with Gasteiger partial charge >= 0.3 is 0 Å². The Hall–Kier alpha value is -2.95. The number of pyridine rings is 1. The van der Waals surface area contributed by atoms with Gasteiger partial charge in [0.2, 0.25) is 5.89 Å². The zero-order valence-corrected chi connectivity index (χ0v) is 12.3. The molecule has 0 aliphatic rings. The van der Waals surface area contributed by atoms with Gasteiger partial charge < -0.3 is 8.98 Å². The van der Waals surface area contributed by atoms with Crippen LogP contribution in [0, 0.1) is 13.8 Å². The molecule has 0 bridgehead atoms. The van der Waals surface area contributed by atoms with E-state index >= 15 is 0 Å². The third kappa shape index (κ3) is 2.07. The molecule has 1 aromatic carbocycles. The summed E-state index contributed by atoms with van der Waals surface area (Å²) in [4.78, 5) is 13.1. The summed E-state index contributed by atoms with van der Waals surface area (Å²) in [5.74, 6) is 0.587. The Kier molecular flexibility index (Phi) is 2.79. The van der Waals surface area contributed by atoms with Crippen LogP contribution in [-0.4, -0.2) is 19.5 Å². The molecule has 0 saturated carbocycles. The van der Waals surface area contributed by atoms with E-state index in [2.05, 4.69) is 15.0 Å². The molecule has 0 saturated heterocycles. The second-order valence-corrected chi connectivity index (χ2v) is 5.31. The van der Waals surface area contributed by atoms with Gasteiger partial charge in [0.1, 0.15) is 5.52 Å². The van der Waals surface area contributed by atoms with Crippen molar-refractivity contribution in [2.24, 2.45) is 0 Å². The topological polar surface area (TPSA) is 56.7 Å². The third-order valence-corrected chi connectivity index (χ3v) is 3.56. The van der Waals surface area contributed by atoms with Gasteiger partial charge in [-0.2, -0.15) is 0 Å². The van der Waals surface area contributed by atoms with Crippen molar-refractivity contribution < 1.29 is 4.42 Å². The molecule has 108 valence electrons. The van der Waals surface area contributed by atoms with Crippen LogP contribution in [0.1, 0.15) is 11.3 Å². The fourth-order valence-electron chi connectivity index (χ4n) is 2.48. The SMILES string of the molecule is Cc1ccc2oc(-c3ccncc3-n3cnc(C)c3)nc2c1. The molecule has 0 spiro atoms. The largest absolute Gasteiger partial charge is 0.436 e. The first-order valence-electron chi connectivity index (χ1n) is 7.03. The Labute approximate surface area is 127 Å². The van der Waals surface area contributed by atoms with Crippen molar-refractivity contribution in [3.8, 4) is 17.1 Å². The van der Waals surface area contributed by atoms with Crippen LogP contribution in [0.3, 0.4) is 0 Å². The van der Waals surface area contributed by atoms with E-state index in [1.807, 2.05) is 48.9 Å². The van der Waals surface area contributed by atoms with Crippen LogP contribution < -0.4 is 0 Å². The number of benzene rings is 1. The quantitative estimate of drug-likeness (QED) is 0.565. The van der Waals surface area contributed by atoms with Gasteiger partial charge in [-0.1, -0.05) is 6.07 Å². The summed E-state index contributed by atoms with van der Waals surface area (Å²) in [5.41, 5.74) is 5.54. The molecule has 5 heteroatoms. The average Bonchev–Trinajstić information content (AvgIpc) is 3.13. The maximum absolute atomic E-state index is 5.91. The normalized spacial score (nSPS) is 11.2. The van der Waals surface area contributed by atoms with Crippen molar-refractivity contribution in [1.29, 1.82) is 0 Å². The zero-order chi connectivity index (χ0) is 15.1. The summed E-state index contributed by atoms with van der Waals surface area (Å²) in [6, 6.07) is 7.89. The molecule has 4 rings (SSSR count). The molecule has 0 radical (unpaired) electrons. The lowest BCUT2D eigenvalue weighted by atomic mass is 10.2. The molecular formula is C17H14N4O. The molecule has 0 unspecified atom stereocenters. The van der Waals surface area contributed by atoms with Crippen molar-refractivity contribution >= 4 is 11.1 Å². The van der Waals surface area contributed by atoms with Gasteiger partial charge in [-0.3, -0.25) is 4.98 Å². The molecular weight excluding hydrogens is 276 g/mol. The van der Waals surface area contributed by atoms with E-state index in [9.17, 15) is 0 Å². The Morgan fingerprint density at radius 1 is 1.14 bits per heavy atom. The second-order valence-electron chi connectivity index (χ2n) is 5.31. The van der Waals surface area contributed by atoms with Gasteiger partial charge in [-0.05, 0) is 37.6 Å². The van der Waals surface area contributed by atoms with Crippen molar-refractivity contribution in [2.75, 3.05) is 0 Å². The van der Waals surface area contributed by atoms with Gasteiger partial charge in [0.15, 0.2) is 5.58 Å². The number of fused-ring (bicyclic) bond motifs is 1. The van der Waals surface area contributed by atoms with Gasteiger partial charge in [0.25, 0.3) is 0 Å². The molecule has 22 heavy (non-hydrogen) atoms. The first-order chi connectivity index (χ1) is 10.7. The second kappa shape index (κ2) is 4.80. The van der Waals surface area contributed by atoms with E-state index in [4.69, 9.17) is 4.42 Å². The predicted molar refractivity (Wildman–Crippen MR) is 83.8 cm³/mol. The van der Waals surface area contributed by atoms with Gasteiger partial charge in [-0.15, -0.1) is 0 Å². The zero-order valence-electron chi connectivity index (χ0n) is 12.3. The number of nitrogens with zero attached hydrogens (tertiary/aromatic N) is 4. The fourth-order valence-corrected chi connectivity index (χ4v) is 2.48. The molecule has 0 N–H and O–H groups in total. The van der Waals surface area contributed by atoms with Crippen LogP contribution in [0.5, 0.6) is 0 Å². The lowest BCUT2D eigenvalue weighted by molar-refractivity contribution is 0.619. The van der Waals surface area contributed by atoms with Crippen molar-refractivity contribution in [2.45, 2.75) is 13.8 Å². The maximum Gasteiger partial charge on any atom is 0.229 e. The van der Waals surface area contributed by atoms with Crippen molar-refractivity contribution in [3.05, 3.63) is 60.4 Å². The van der Waals surface area contributed by atoms with Crippen LogP contribution in [0.25, 0.3) is 28.2 Å². The lowest BCUT2D eigenvalue weighted by Crippen LogP contribution is -1.95. The van der Waals surface area contributed by atoms with E-state index in [0.717, 1.165) is 33.6 Å². The van der Waals surface area contributed by atoms with Crippen LogP contribution >= 0.6 is 0 Å². The summed E-state index contributed by atoms with van der Waals surface area (Å²) < 4.78 is 7.83. The molecule has 4 aromatic rings. The summed E-state index contributed by atoms with van der Waals surface area (Å²) in [7, 11) is 0. The third-order valence-electron chi connectivity index (χ3n) is 3.56. The predicted octanol–water partition coefficient (Wildman–Crippen LogP) is 3.69. The molecule has 5 nitrogen and oxygen atoms in total. The van der Waals surface area contributed by atoms with Gasteiger partial charge in [-0.25, -0.2) is 9.97 Å². The fraction of sp³-hybridized carbons (Fsp3) is 0.118. The van der Waals surface area contributed by atoms with Gasteiger partial charge in [0.05, 0.1) is 29.5 Å². The minimum Gasteiger partial charge on any atom is -0.436 e. The van der Waals surface area contributed by atoms with E-state index in [1.165, 1.54) is 0 Å². The Morgan fingerprint density at radius 2 is 2.05 bits per heavy atom. The highest BCUT2D eigenvalue weighted by Gasteiger charge is 2.14. The average molecular weight is 290 g/mol. The number of oxazole rings is 1. The highest BCUT2D eigenvalue weighted by Crippen LogP contribution is 2.29. The standard InChI is InChI=1S/C17H14N4O/c1-11-3-4-16-14(7-11)20-17(22-16)13-5-6-18-8-15(13)21-9-12(2)19-10-21/h3-10H,1-2H3. The van der Waals surface area contributed by atoms with Crippen LogP contribution in [0.4, 0.5) is 0 Å². The summed E-state index contributed by atoms with van der Waals surface area (Å²) >= 11 is 0. The first kappa shape index (κ1) is 12.8. The number of hydrogen-bond donors (Lipinski definition) is 0. The number of hydrogen-bond acceptors (Lipinski definition) is 4. The van der Waals surface area contributed by atoms with E-state index < -0.39 is 0 Å². The Morgan fingerprint density at radius 3 is 2.86 bits per heavy atom. The van der Waals surface area contributed by atoms with Crippen molar-refractivity contribution in [1.82, 2.24) is 19.5 Å². The molecule has 0 aliphatic carbocycles. The summed E-state index contributed by atoms with van der Waals surface area (Å²) in [5, 5.41) is 0. The van der Waals surface area contributed by atoms with Crippen LogP contribution in [0.2, 0.25) is 0 Å². The van der Waals surface area contributed by atoms with Crippen molar-refractivity contribution in [3.63, 3.8) is 0 Å². The number of rotatable bonds is 2. The smallest absolute Gasteiger partial charge is 0.229 e. The van der Waals surface area contributed by atoms with E-state index in [-0.39, 0.29) is 0 Å². The summed E-state index contributed by atoms with van der Waals surface area (Å²) in [6.07, 6.45) is 7.25. The Bertz CT molecular complexity index is 968. The monoisotopic (exact) mass is 290 g/mol. The number of aromatic nitrogens is 4. The van der Waals surface area contributed by atoms with E-state index in [0.29, 0.717) is 5.89 Å². The molecule has 3 aromatic heterocycles. The maximum atomic E-state index is 5.91. The minimum absolute atomic E-state index is 0.587. The number of imidazole rings is 1. The van der Waals surface area contributed by atoms with E-state index in [1.54, 1.807) is 18.7 Å². The van der Waals surface area contributed by atoms with Gasteiger partial charge in [0, 0.05) is 12.4 Å². The molecule has 0 atom stereocenters. The summed E-state index contributed by atoms with van der Waals surface area (Å²) in [6.45, 7) is 3.99. The number of aryl methyl sites for hydroxylation is 2. The van der Waals surface area contributed by atoms with Crippen LogP contribution in [-0.2, 0) is 0 Å². The lowest BCUT2D eigenvalue weighted by Gasteiger charge is -2.05. The Balaban J connectivity index is 1.91. The first-order valence-corrected chi connectivity index (χ1v) is 7.03.